The first kappa shape index (κ1) is 10.3. The summed E-state index contributed by atoms with van der Waals surface area (Å²) in [7, 11) is 0. The van der Waals surface area contributed by atoms with Crippen LogP contribution in [0, 0.1) is 16.0 Å². The van der Waals surface area contributed by atoms with Crippen molar-refractivity contribution in [1.29, 1.82) is 5.26 Å². The lowest BCUT2D eigenvalue weighted by Gasteiger charge is -2.01. The Balaban J connectivity index is 2.63. The molecule has 0 aliphatic heterocycles. The van der Waals surface area contributed by atoms with E-state index < -0.39 is 0 Å². The van der Waals surface area contributed by atoms with E-state index in [1.54, 1.807) is 0 Å². The molecule has 16 heavy (non-hydrogen) atoms. The summed E-state index contributed by atoms with van der Waals surface area (Å²) < 4.78 is 5.40. The van der Waals surface area contributed by atoms with Gasteiger partial charge in [0.2, 0.25) is 11.8 Å². The second-order valence-corrected chi connectivity index (χ2v) is 3.43. The zero-order chi connectivity index (χ0) is 11.5. The van der Waals surface area contributed by atoms with Gasteiger partial charge in [-0.2, -0.15) is 10.2 Å². The van der Waals surface area contributed by atoms with Crippen LogP contribution >= 0.6 is 12.2 Å². The van der Waals surface area contributed by atoms with Crippen molar-refractivity contribution in [2.24, 2.45) is 0 Å². The van der Waals surface area contributed by atoms with E-state index in [-0.39, 0.29) is 16.1 Å². The molecule has 0 spiro atoms. The number of rotatable bonds is 1. The summed E-state index contributed by atoms with van der Waals surface area (Å²) in [6, 6.07) is 11.1. The van der Waals surface area contributed by atoms with Crippen molar-refractivity contribution >= 4 is 18.1 Å². The van der Waals surface area contributed by atoms with Crippen LogP contribution in [-0.2, 0) is 0 Å². The maximum atomic E-state index is 8.76. The van der Waals surface area contributed by atoms with Crippen molar-refractivity contribution in [3.8, 4) is 17.5 Å². The molecule has 2 N–H and O–H groups in total. The van der Waals surface area contributed by atoms with E-state index in [0.717, 1.165) is 5.56 Å². The van der Waals surface area contributed by atoms with Crippen molar-refractivity contribution in [2.75, 3.05) is 5.73 Å². The maximum Gasteiger partial charge on any atom is 0.229 e. The predicted octanol–water partition coefficient (Wildman–Crippen LogP) is 2.52. The van der Waals surface area contributed by atoms with Crippen molar-refractivity contribution in [1.82, 2.24) is 4.98 Å². The minimum Gasteiger partial charge on any atom is -0.421 e. The molecule has 0 saturated carbocycles. The number of nitriles is 1. The number of nitrogens with zero attached hydrogens (tertiary/aromatic N) is 2. The normalized spacial score (nSPS) is 9.69. The van der Waals surface area contributed by atoms with Gasteiger partial charge in [-0.15, -0.1) is 0 Å². The van der Waals surface area contributed by atoms with E-state index >= 15 is 0 Å². The molecule has 0 saturated heterocycles. The van der Waals surface area contributed by atoms with Crippen LogP contribution in [0.15, 0.2) is 34.7 Å². The second-order valence-electron chi connectivity index (χ2n) is 3.04. The number of hydrogen-bond acceptors (Lipinski definition) is 5. The molecule has 0 atom stereocenters. The van der Waals surface area contributed by atoms with Crippen molar-refractivity contribution in [3.63, 3.8) is 0 Å². The van der Waals surface area contributed by atoms with Gasteiger partial charge in [0, 0.05) is 5.56 Å². The van der Waals surface area contributed by atoms with Crippen LogP contribution in [0.3, 0.4) is 0 Å². The quantitative estimate of drug-likeness (QED) is 0.760. The monoisotopic (exact) mass is 229 g/mol. The molecule has 0 radical (unpaired) electrons. The summed E-state index contributed by atoms with van der Waals surface area (Å²) in [5.74, 6) is 0.323. The van der Waals surface area contributed by atoms with Gasteiger partial charge >= 0.3 is 0 Å². The average Bonchev–Trinajstić information content (AvgIpc) is 2.30. The Bertz CT molecular complexity index is 613. The SMILES string of the molecule is N#Cc1c(N)oc(-c2ccccc2)nc1=S. The van der Waals surface area contributed by atoms with Gasteiger partial charge < -0.3 is 10.2 Å². The van der Waals surface area contributed by atoms with Gasteiger partial charge in [-0.3, -0.25) is 0 Å². The first-order chi connectivity index (χ1) is 7.72. The molecule has 0 fully saturated rings. The zero-order valence-electron chi connectivity index (χ0n) is 8.18. The molecule has 0 bridgehead atoms. The van der Waals surface area contributed by atoms with Crippen LogP contribution in [0.2, 0.25) is 0 Å². The molecule has 1 aromatic carbocycles. The molecular weight excluding hydrogens is 222 g/mol. The van der Waals surface area contributed by atoms with Gasteiger partial charge in [-0.25, -0.2) is 0 Å². The lowest BCUT2D eigenvalue weighted by molar-refractivity contribution is 0.563. The lowest BCUT2D eigenvalue weighted by atomic mass is 10.2. The summed E-state index contributed by atoms with van der Waals surface area (Å²) in [4.78, 5) is 4.02. The molecule has 0 aliphatic carbocycles. The number of anilines is 1. The van der Waals surface area contributed by atoms with Crippen LogP contribution in [-0.4, -0.2) is 4.98 Å². The van der Waals surface area contributed by atoms with E-state index in [1.165, 1.54) is 0 Å². The Morgan fingerprint density at radius 2 is 2.00 bits per heavy atom. The summed E-state index contributed by atoms with van der Waals surface area (Å²) in [5.41, 5.74) is 6.45. The topological polar surface area (TPSA) is 75.8 Å². The van der Waals surface area contributed by atoms with Crippen LogP contribution < -0.4 is 5.73 Å². The third-order valence-electron chi connectivity index (χ3n) is 2.00. The summed E-state index contributed by atoms with van der Waals surface area (Å²) in [6.45, 7) is 0. The van der Waals surface area contributed by atoms with E-state index in [9.17, 15) is 0 Å². The van der Waals surface area contributed by atoms with Crippen molar-refractivity contribution in [2.45, 2.75) is 0 Å². The van der Waals surface area contributed by atoms with Gasteiger partial charge in [-0.1, -0.05) is 30.4 Å². The standard InChI is InChI=1S/C11H7N3OS/c12-6-8-9(13)15-10(14-11(8)16)7-4-2-1-3-5-7/h1-5H,13H2. The highest BCUT2D eigenvalue weighted by Crippen LogP contribution is 2.21. The Kier molecular flexibility index (Phi) is 2.66. The Morgan fingerprint density at radius 1 is 1.31 bits per heavy atom. The molecule has 2 rings (SSSR count). The highest BCUT2D eigenvalue weighted by Gasteiger charge is 2.09. The molecule has 2 aromatic rings. The number of nitrogen functional groups attached to an aromatic ring is 1. The summed E-state index contributed by atoms with van der Waals surface area (Å²) in [5, 5.41) is 8.76. The number of benzene rings is 1. The molecule has 1 aromatic heterocycles. The number of aromatic nitrogens is 1. The highest BCUT2D eigenvalue weighted by atomic mass is 32.1. The highest BCUT2D eigenvalue weighted by molar-refractivity contribution is 7.71. The smallest absolute Gasteiger partial charge is 0.229 e. The van der Waals surface area contributed by atoms with Crippen LogP contribution in [0.4, 0.5) is 5.88 Å². The first-order valence-electron chi connectivity index (χ1n) is 4.48. The molecular formula is C11H7N3OS. The van der Waals surface area contributed by atoms with Gasteiger partial charge in [-0.05, 0) is 12.1 Å². The van der Waals surface area contributed by atoms with Gasteiger partial charge in [0.25, 0.3) is 0 Å². The third kappa shape index (κ3) is 1.78. The predicted molar refractivity (Wildman–Crippen MR) is 61.9 cm³/mol. The minimum atomic E-state index is 0.00125. The van der Waals surface area contributed by atoms with E-state index in [0.29, 0.717) is 5.89 Å². The molecule has 5 heteroatoms. The van der Waals surface area contributed by atoms with E-state index in [2.05, 4.69) is 4.98 Å². The summed E-state index contributed by atoms with van der Waals surface area (Å²) >= 11 is 4.95. The largest absolute Gasteiger partial charge is 0.421 e. The average molecular weight is 229 g/mol. The van der Waals surface area contributed by atoms with Gasteiger partial charge in [0.1, 0.15) is 11.6 Å². The molecule has 1 heterocycles. The fourth-order valence-electron chi connectivity index (χ4n) is 1.24. The van der Waals surface area contributed by atoms with E-state index in [1.807, 2.05) is 36.4 Å². The van der Waals surface area contributed by atoms with Crippen molar-refractivity contribution < 1.29 is 4.42 Å². The Morgan fingerprint density at radius 3 is 2.56 bits per heavy atom. The first-order valence-corrected chi connectivity index (χ1v) is 4.89. The number of nitrogens with two attached hydrogens (primary N) is 1. The van der Waals surface area contributed by atoms with Crippen LogP contribution in [0.25, 0.3) is 11.5 Å². The molecule has 4 nitrogen and oxygen atoms in total. The third-order valence-corrected chi connectivity index (χ3v) is 2.30. The lowest BCUT2D eigenvalue weighted by Crippen LogP contribution is -1.95. The van der Waals surface area contributed by atoms with Crippen molar-refractivity contribution in [3.05, 3.63) is 40.5 Å². The number of hydrogen-bond donors (Lipinski definition) is 1. The summed E-state index contributed by atoms with van der Waals surface area (Å²) in [6.07, 6.45) is 0. The van der Waals surface area contributed by atoms with Gasteiger partial charge in [0.05, 0.1) is 0 Å². The van der Waals surface area contributed by atoms with Gasteiger partial charge in [0.15, 0.2) is 4.64 Å². The zero-order valence-corrected chi connectivity index (χ0v) is 8.99. The Hall–Kier alpha value is -2.19. The van der Waals surface area contributed by atoms with Crippen LogP contribution in [0.1, 0.15) is 5.56 Å². The molecule has 78 valence electrons. The van der Waals surface area contributed by atoms with Crippen LogP contribution in [0.5, 0.6) is 0 Å². The molecule has 0 unspecified atom stereocenters. The maximum absolute atomic E-state index is 8.76. The second kappa shape index (κ2) is 4.13. The molecule has 0 aliphatic rings. The van der Waals surface area contributed by atoms with E-state index in [4.69, 9.17) is 27.6 Å². The molecule has 0 amide bonds. The Labute approximate surface area is 97.0 Å². The fraction of sp³-hybridized carbons (Fsp3) is 0. The minimum absolute atomic E-state index is 0.00125. The fourth-order valence-corrected chi connectivity index (χ4v) is 1.47.